The van der Waals surface area contributed by atoms with Crippen molar-refractivity contribution in [3.8, 4) is 11.5 Å². The Kier molecular flexibility index (Phi) is 11.9. The highest BCUT2D eigenvalue weighted by atomic mass is 35.5. The van der Waals surface area contributed by atoms with Gasteiger partial charge in [0, 0.05) is 19.1 Å². The number of hydrogen-bond acceptors (Lipinski definition) is 6. The van der Waals surface area contributed by atoms with Gasteiger partial charge in [-0.1, -0.05) is 54.6 Å². The quantitative estimate of drug-likeness (QED) is 0.251. The zero-order valence-electron chi connectivity index (χ0n) is 22.0. The smallest absolute Gasteiger partial charge is 0.344 e. The van der Waals surface area contributed by atoms with Crippen LogP contribution in [0.2, 0.25) is 0 Å². The van der Waals surface area contributed by atoms with Crippen LogP contribution in [0, 0.1) is 0 Å². The molecule has 0 saturated heterocycles. The monoisotopic (exact) mass is 539 g/mol. The normalized spacial score (nSPS) is 15.5. The number of aliphatic hydroxyl groups excluding tert-OH is 1. The van der Waals surface area contributed by atoms with Crippen molar-refractivity contribution in [2.45, 2.75) is 51.3 Å². The molecule has 1 aliphatic carbocycles. The number of hydrogen-bond donors (Lipinski definition) is 1. The third-order valence-electron chi connectivity index (χ3n) is 6.65. The van der Waals surface area contributed by atoms with Gasteiger partial charge in [0.05, 0.1) is 6.61 Å². The molecule has 7 heteroatoms. The van der Waals surface area contributed by atoms with Crippen LogP contribution in [0.25, 0.3) is 0 Å². The minimum Gasteiger partial charge on any atom is -0.491 e. The van der Waals surface area contributed by atoms with Gasteiger partial charge in [0.25, 0.3) is 0 Å². The average Bonchev–Trinajstić information content (AvgIpc) is 3.14. The predicted molar refractivity (Wildman–Crippen MR) is 151 cm³/mol. The molecule has 0 saturated carbocycles. The van der Waals surface area contributed by atoms with Gasteiger partial charge in [-0.25, -0.2) is 4.79 Å². The van der Waals surface area contributed by atoms with Crippen molar-refractivity contribution >= 4 is 18.4 Å². The third-order valence-corrected chi connectivity index (χ3v) is 6.65. The van der Waals surface area contributed by atoms with Gasteiger partial charge in [-0.05, 0) is 73.6 Å². The molecular weight excluding hydrogens is 502 g/mol. The first-order valence-corrected chi connectivity index (χ1v) is 13.1. The summed E-state index contributed by atoms with van der Waals surface area (Å²) in [6.07, 6.45) is 3.34. The molecule has 3 aromatic rings. The van der Waals surface area contributed by atoms with Crippen molar-refractivity contribution in [3.05, 3.63) is 95.6 Å². The second-order valence-electron chi connectivity index (χ2n) is 9.47. The number of carbonyl (C=O) groups excluding carboxylic acids is 1. The molecule has 204 valence electrons. The highest BCUT2D eigenvalue weighted by Gasteiger charge is 2.25. The Labute approximate surface area is 231 Å². The Morgan fingerprint density at radius 3 is 2.45 bits per heavy atom. The standard InChI is InChI=1S/C31H37NO5.ClH/c1-2-35-31(34)23-37-30-17-16-25-12-9-13-27(18-26(25)19-30)32(20-24-10-5-3-6-11-24)21-28(33)22-36-29-14-7-4-8-15-29;/h3-8,10-11,14-17,19,27-28,33H,2,9,12-13,18,20-23H2,1H3;1H/t27?,28-;/m0./s1. The molecule has 1 aliphatic rings. The maximum absolute atomic E-state index is 11.7. The summed E-state index contributed by atoms with van der Waals surface area (Å²) in [5.41, 5.74) is 3.77. The number of halogens is 1. The molecule has 0 aliphatic heterocycles. The number of nitrogens with zero attached hydrogens (tertiary/aromatic N) is 1. The van der Waals surface area contributed by atoms with Crippen molar-refractivity contribution in [1.82, 2.24) is 4.90 Å². The molecule has 0 heterocycles. The largest absolute Gasteiger partial charge is 0.491 e. The van der Waals surface area contributed by atoms with Gasteiger partial charge in [0.2, 0.25) is 0 Å². The minimum absolute atomic E-state index is 0. The van der Waals surface area contributed by atoms with E-state index in [1.54, 1.807) is 6.92 Å². The number of ether oxygens (including phenoxy) is 3. The van der Waals surface area contributed by atoms with Gasteiger partial charge in [-0.15, -0.1) is 12.4 Å². The fraction of sp³-hybridized carbons (Fsp3) is 0.387. The van der Waals surface area contributed by atoms with E-state index in [0.29, 0.717) is 18.9 Å². The maximum atomic E-state index is 11.7. The Hall–Kier alpha value is -3.06. The van der Waals surface area contributed by atoms with E-state index in [4.69, 9.17) is 14.2 Å². The van der Waals surface area contributed by atoms with E-state index in [-0.39, 0.29) is 37.6 Å². The summed E-state index contributed by atoms with van der Waals surface area (Å²) in [7, 11) is 0. The van der Waals surface area contributed by atoms with E-state index in [9.17, 15) is 9.90 Å². The van der Waals surface area contributed by atoms with E-state index in [1.807, 2.05) is 42.5 Å². The molecule has 0 bridgehead atoms. The summed E-state index contributed by atoms with van der Waals surface area (Å²) in [4.78, 5) is 14.1. The van der Waals surface area contributed by atoms with Gasteiger partial charge >= 0.3 is 5.97 Å². The van der Waals surface area contributed by atoms with Crippen LogP contribution in [0.3, 0.4) is 0 Å². The Morgan fingerprint density at radius 1 is 0.974 bits per heavy atom. The fourth-order valence-corrected chi connectivity index (χ4v) is 4.86. The summed E-state index contributed by atoms with van der Waals surface area (Å²) < 4.78 is 16.5. The molecule has 0 radical (unpaired) electrons. The summed E-state index contributed by atoms with van der Waals surface area (Å²) in [6, 6.07) is 26.4. The predicted octanol–water partition coefficient (Wildman–Crippen LogP) is 5.24. The van der Waals surface area contributed by atoms with Gasteiger partial charge < -0.3 is 19.3 Å². The van der Waals surface area contributed by atoms with E-state index >= 15 is 0 Å². The molecule has 2 atom stereocenters. The second-order valence-corrected chi connectivity index (χ2v) is 9.47. The number of esters is 1. The van der Waals surface area contributed by atoms with Crippen LogP contribution in [0.4, 0.5) is 0 Å². The number of aliphatic hydroxyl groups is 1. The van der Waals surface area contributed by atoms with Crippen molar-refractivity contribution in [2.75, 3.05) is 26.4 Å². The van der Waals surface area contributed by atoms with Gasteiger partial charge in [0.1, 0.15) is 24.2 Å². The molecule has 38 heavy (non-hydrogen) atoms. The van der Waals surface area contributed by atoms with Crippen molar-refractivity contribution in [2.24, 2.45) is 0 Å². The Morgan fingerprint density at radius 2 is 1.71 bits per heavy atom. The van der Waals surface area contributed by atoms with Gasteiger partial charge in [-0.2, -0.15) is 0 Å². The van der Waals surface area contributed by atoms with Crippen LogP contribution in [0.1, 0.15) is 36.5 Å². The van der Waals surface area contributed by atoms with E-state index in [0.717, 1.165) is 38.0 Å². The molecule has 0 aromatic heterocycles. The number of benzene rings is 3. The minimum atomic E-state index is -0.620. The van der Waals surface area contributed by atoms with Crippen LogP contribution < -0.4 is 9.47 Å². The van der Waals surface area contributed by atoms with Crippen molar-refractivity contribution in [3.63, 3.8) is 0 Å². The van der Waals surface area contributed by atoms with Crippen LogP contribution in [0.5, 0.6) is 11.5 Å². The average molecular weight is 540 g/mol. The summed E-state index contributed by atoms with van der Waals surface area (Å²) in [5.74, 6) is 1.07. The molecule has 0 spiro atoms. The molecule has 1 unspecified atom stereocenters. The Balaban J connectivity index is 0.00000400. The lowest BCUT2D eigenvalue weighted by molar-refractivity contribution is -0.145. The number of aryl methyl sites for hydroxylation is 1. The zero-order chi connectivity index (χ0) is 25.9. The Bertz CT molecular complexity index is 1110. The molecule has 1 N–H and O–H groups in total. The van der Waals surface area contributed by atoms with E-state index in [2.05, 4.69) is 41.3 Å². The van der Waals surface area contributed by atoms with Gasteiger partial charge in [0.15, 0.2) is 6.61 Å². The zero-order valence-corrected chi connectivity index (χ0v) is 22.8. The van der Waals surface area contributed by atoms with Crippen molar-refractivity contribution in [1.29, 1.82) is 0 Å². The van der Waals surface area contributed by atoms with Gasteiger partial charge in [-0.3, -0.25) is 4.90 Å². The third kappa shape index (κ3) is 9.05. The van der Waals surface area contributed by atoms with Crippen molar-refractivity contribution < 1.29 is 24.1 Å². The summed E-state index contributed by atoms with van der Waals surface area (Å²) in [5, 5.41) is 10.9. The van der Waals surface area contributed by atoms with Crippen LogP contribution >= 0.6 is 12.4 Å². The summed E-state index contributed by atoms with van der Waals surface area (Å²) in [6.45, 7) is 3.54. The van der Waals surface area contributed by atoms with Crippen LogP contribution in [-0.4, -0.2) is 54.5 Å². The number of rotatable bonds is 12. The number of para-hydroxylation sites is 1. The number of fused-ring (bicyclic) bond motifs is 1. The van der Waals surface area contributed by atoms with E-state index < -0.39 is 6.10 Å². The topological polar surface area (TPSA) is 68.2 Å². The molecular formula is C31H38ClNO5. The molecule has 6 nitrogen and oxygen atoms in total. The maximum Gasteiger partial charge on any atom is 0.344 e. The first-order valence-electron chi connectivity index (χ1n) is 13.1. The first-order chi connectivity index (χ1) is 18.1. The lowest BCUT2D eigenvalue weighted by Gasteiger charge is -2.33. The second kappa shape index (κ2) is 15.4. The van der Waals surface area contributed by atoms with E-state index in [1.165, 1.54) is 16.7 Å². The highest BCUT2D eigenvalue weighted by molar-refractivity contribution is 5.85. The molecule has 3 aromatic carbocycles. The molecule has 0 amide bonds. The number of carbonyl (C=O) groups is 1. The first kappa shape index (κ1) is 29.5. The lowest BCUT2D eigenvalue weighted by atomic mass is 10.00. The highest BCUT2D eigenvalue weighted by Crippen LogP contribution is 2.28. The van der Waals surface area contributed by atoms with Crippen LogP contribution in [-0.2, 0) is 28.9 Å². The van der Waals surface area contributed by atoms with Crippen LogP contribution in [0.15, 0.2) is 78.9 Å². The SMILES string of the molecule is CCOC(=O)COc1ccc2c(c1)CC(N(Cc1ccccc1)C[C@H](O)COc1ccccc1)CCC2.Cl. The lowest BCUT2D eigenvalue weighted by Crippen LogP contribution is -2.42. The molecule has 4 rings (SSSR count). The summed E-state index contributed by atoms with van der Waals surface area (Å²) >= 11 is 0. The fourth-order valence-electron chi connectivity index (χ4n) is 4.86. The molecule has 0 fully saturated rings.